The smallest absolute Gasteiger partial charge is 0.136 e. The molecule has 0 aliphatic heterocycles. The van der Waals surface area contributed by atoms with E-state index in [1.54, 1.807) is 0 Å². The summed E-state index contributed by atoms with van der Waals surface area (Å²) in [5.74, 6) is 0.782. The molecule has 17 heavy (non-hydrogen) atoms. The Labute approximate surface area is 114 Å². The number of hydrogen-bond acceptors (Lipinski definition) is 2. The van der Waals surface area contributed by atoms with E-state index in [-0.39, 0.29) is 0 Å². The van der Waals surface area contributed by atoms with E-state index < -0.39 is 0 Å². The van der Waals surface area contributed by atoms with E-state index in [4.69, 9.17) is 17.3 Å². The van der Waals surface area contributed by atoms with Gasteiger partial charge in [-0.05, 0) is 24.6 Å². The van der Waals surface area contributed by atoms with Crippen LogP contribution in [0.2, 0.25) is 5.15 Å². The molecular weight excluding hydrogens is 302 g/mol. The van der Waals surface area contributed by atoms with Gasteiger partial charge in [-0.1, -0.05) is 33.6 Å². The minimum atomic E-state index is 0.378. The fraction of sp³-hybridized carbons (Fsp3) is 0.250. The summed E-state index contributed by atoms with van der Waals surface area (Å²) in [6.07, 6.45) is 0. The zero-order chi connectivity index (χ0) is 12.6. The second kappa shape index (κ2) is 4.80. The maximum Gasteiger partial charge on any atom is 0.136 e. The van der Waals surface area contributed by atoms with E-state index >= 15 is 0 Å². The molecule has 0 unspecified atom stereocenters. The van der Waals surface area contributed by atoms with Gasteiger partial charge in [0.2, 0.25) is 0 Å². The average molecular weight is 315 g/mol. The predicted molar refractivity (Wildman–Crippen MR) is 74.0 cm³/mol. The summed E-state index contributed by atoms with van der Waals surface area (Å²) in [6, 6.07) is 6.05. The highest BCUT2D eigenvalue weighted by Crippen LogP contribution is 2.31. The molecule has 0 saturated heterocycles. The first kappa shape index (κ1) is 12.6. The normalized spacial score (nSPS) is 10.9. The van der Waals surface area contributed by atoms with Gasteiger partial charge in [0.1, 0.15) is 16.7 Å². The molecule has 2 N–H and O–H groups in total. The lowest BCUT2D eigenvalue weighted by Gasteiger charge is -2.04. The number of aryl methyl sites for hydroxylation is 1. The number of benzene rings is 1. The molecule has 90 valence electrons. The third-order valence-electron chi connectivity index (χ3n) is 2.76. The molecule has 0 radical (unpaired) electrons. The van der Waals surface area contributed by atoms with E-state index in [0.717, 1.165) is 27.1 Å². The highest BCUT2D eigenvalue weighted by atomic mass is 79.9. The van der Waals surface area contributed by atoms with Gasteiger partial charge in [0.25, 0.3) is 0 Å². The van der Waals surface area contributed by atoms with Crippen LogP contribution in [-0.2, 0) is 13.6 Å². The Bertz CT molecular complexity index is 563. The lowest BCUT2D eigenvalue weighted by atomic mass is 10.1. The largest absolute Gasteiger partial charge is 0.324 e. The Kier molecular flexibility index (Phi) is 3.56. The minimum absolute atomic E-state index is 0.378. The van der Waals surface area contributed by atoms with Crippen molar-refractivity contribution < 1.29 is 0 Å². The van der Waals surface area contributed by atoms with Crippen LogP contribution >= 0.6 is 27.5 Å². The lowest BCUT2D eigenvalue weighted by Crippen LogP contribution is -2.04. The zero-order valence-corrected chi connectivity index (χ0v) is 12.0. The van der Waals surface area contributed by atoms with Crippen molar-refractivity contribution in [2.75, 3.05) is 0 Å². The highest BCUT2D eigenvalue weighted by molar-refractivity contribution is 9.10. The lowest BCUT2D eigenvalue weighted by molar-refractivity contribution is 0.794. The quantitative estimate of drug-likeness (QED) is 0.924. The molecule has 3 nitrogen and oxygen atoms in total. The van der Waals surface area contributed by atoms with Crippen molar-refractivity contribution in [3.63, 3.8) is 0 Å². The van der Waals surface area contributed by atoms with E-state index in [9.17, 15) is 0 Å². The molecule has 2 aromatic rings. The van der Waals surface area contributed by atoms with E-state index in [1.807, 2.05) is 36.7 Å². The van der Waals surface area contributed by atoms with Gasteiger partial charge in [-0.25, -0.2) is 4.98 Å². The van der Waals surface area contributed by atoms with Crippen LogP contribution in [0.5, 0.6) is 0 Å². The maximum atomic E-state index is 6.28. The average Bonchev–Trinajstić information content (AvgIpc) is 2.59. The van der Waals surface area contributed by atoms with Crippen LogP contribution in [0, 0.1) is 6.92 Å². The molecule has 0 atom stereocenters. The number of hydrogen-bond donors (Lipinski definition) is 1. The van der Waals surface area contributed by atoms with Crippen molar-refractivity contribution in [1.29, 1.82) is 0 Å². The van der Waals surface area contributed by atoms with Crippen molar-refractivity contribution in [3.8, 4) is 11.3 Å². The molecule has 1 heterocycles. The molecule has 0 aliphatic carbocycles. The molecule has 1 aromatic heterocycles. The molecule has 5 heteroatoms. The van der Waals surface area contributed by atoms with E-state index in [2.05, 4.69) is 20.9 Å². The summed E-state index contributed by atoms with van der Waals surface area (Å²) in [7, 11) is 1.87. The van der Waals surface area contributed by atoms with Crippen LogP contribution in [0.15, 0.2) is 22.7 Å². The van der Waals surface area contributed by atoms with Gasteiger partial charge >= 0.3 is 0 Å². The van der Waals surface area contributed by atoms with Gasteiger partial charge in [-0.15, -0.1) is 0 Å². The third kappa shape index (κ3) is 2.25. The summed E-state index contributed by atoms with van der Waals surface area (Å²) in [5, 5.41) is 0.617. The topological polar surface area (TPSA) is 43.8 Å². The molecule has 1 aromatic carbocycles. The number of halogens is 2. The van der Waals surface area contributed by atoms with Crippen LogP contribution in [0.25, 0.3) is 11.3 Å². The molecule has 0 spiro atoms. The number of nitrogens with two attached hydrogens (primary N) is 1. The summed E-state index contributed by atoms with van der Waals surface area (Å²) >= 11 is 9.74. The molecule has 0 saturated carbocycles. The van der Waals surface area contributed by atoms with Gasteiger partial charge in [-0.2, -0.15) is 0 Å². The van der Waals surface area contributed by atoms with Crippen molar-refractivity contribution >= 4 is 27.5 Å². The van der Waals surface area contributed by atoms with Crippen LogP contribution in [0.3, 0.4) is 0 Å². The predicted octanol–water partition coefficient (Wildman–Crippen LogP) is 3.27. The zero-order valence-electron chi connectivity index (χ0n) is 9.67. The molecule has 2 rings (SSSR count). The monoisotopic (exact) mass is 313 g/mol. The van der Waals surface area contributed by atoms with E-state index in [1.165, 1.54) is 0 Å². The summed E-state index contributed by atoms with van der Waals surface area (Å²) in [4.78, 5) is 4.49. The third-order valence-corrected chi connectivity index (χ3v) is 3.68. The van der Waals surface area contributed by atoms with Gasteiger partial charge in [0.15, 0.2) is 0 Å². The number of rotatable bonds is 2. The minimum Gasteiger partial charge on any atom is -0.324 e. The van der Waals surface area contributed by atoms with E-state index in [0.29, 0.717) is 11.7 Å². The number of aromatic nitrogens is 2. The molecule has 0 aliphatic rings. The molecule has 0 bridgehead atoms. The maximum absolute atomic E-state index is 6.28. The second-order valence-electron chi connectivity index (χ2n) is 3.89. The SMILES string of the molecule is Cc1ccc(Br)cc1-c1nc(CN)n(C)c1Cl. The molecular formula is C12H13BrClN3. The van der Waals surface area contributed by atoms with Gasteiger partial charge in [0, 0.05) is 17.1 Å². The second-order valence-corrected chi connectivity index (χ2v) is 5.16. The Balaban J connectivity index is 2.64. The van der Waals surface area contributed by atoms with Crippen molar-refractivity contribution in [2.45, 2.75) is 13.5 Å². The van der Waals surface area contributed by atoms with Crippen LogP contribution < -0.4 is 5.73 Å². The summed E-state index contributed by atoms with van der Waals surface area (Å²) in [6.45, 7) is 2.41. The first-order valence-electron chi connectivity index (χ1n) is 5.22. The van der Waals surface area contributed by atoms with Crippen molar-refractivity contribution in [3.05, 3.63) is 39.2 Å². The molecule has 0 amide bonds. The van der Waals surface area contributed by atoms with Crippen molar-refractivity contribution in [1.82, 2.24) is 9.55 Å². The van der Waals surface area contributed by atoms with Crippen molar-refractivity contribution in [2.24, 2.45) is 12.8 Å². The van der Waals surface area contributed by atoms with Crippen LogP contribution in [0.4, 0.5) is 0 Å². The Morgan fingerprint density at radius 1 is 1.47 bits per heavy atom. The highest BCUT2D eigenvalue weighted by Gasteiger charge is 2.15. The Morgan fingerprint density at radius 2 is 2.18 bits per heavy atom. The van der Waals surface area contributed by atoms with Gasteiger partial charge in [-0.3, -0.25) is 0 Å². The first-order valence-corrected chi connectivity index (χ1v) is 6.39. The van der Waals surface area contributed by atoms with Crippen LogP contribution in [-0.4, -0.2) is 9.55 Å². The standard InChI is InChI=1S/C12H13BrClN3/c1-7-3-4-8(13)5-9(7)11-12(14)17(2)10(6-15)16-11/h3-5H,6,15H2,1-2H3. The van der Waals surface area contributed by atoms with Gasteiger partial charge in [0.05, 0.1) is 6.54 Å². The molecule has 0 fully saturated rings. The van der Waals surface area contributed by atoms with Gasteiger partial charge < -0.3 is 10.3 Å². The fourth-order valence-electron chi connectivity index (χ4n) is 1.73. The Hall–Kier alpha value is -0.840. The Morgan fingerprint density at radius 3 is 2.76 bits per heavy atom. The first-order chi connectivity index (χ1) is 8.04. The summed E-state index contributed by atoms with van der Waals surface area (Å²) in [5.41, 5.74) is 8.58. The fourth-order valence-corrected chi connectivity index (χ4v) is 2.33. The van der Waals surface area contributed by atoms with Crippen LogP contribution in [0.1, 0.15) is 11.4 Å². The summed E-state index contributed by atoms with van der Waals surface area (Å²) < 4.78 is 2.83. The number of nitrogens with zero attached hydrogens (tertiary/aromatic N) is 2. The number of imidazole rings is 1.